The number of nitrogens with one attached hydrogen (secondary N) is 4. The van der Waals surface area contributed by atoms with Gasteiger partial charge in [0.05, 0.1) is 0 Å². The fourth-order valence-corrected chi connectivity index (χ4v) is 11.8. The zero-order valence-corrected chi connectivity index (χ0v) is 33.4. The SMILES string of the molecule is O=C(NCCc1ccc(CCNC(=O)NC2CCC(CCN3[C@@H]4CC[C@H]3c3ccccc34)CC2)cc1)NC1CCC(CCN2[C@@H]3CC[C@H]2c2ccccc23)CC1. The van der Waals surface area contributed by atoms with Gasteiger partial charge in [-0.2, -0.15) is 0 Å². The number of carbonyl (C=O) groups excluding carboxylic acids is 2. The fourth-order valence-electron chi connectivity index (χ4n) is 11.8. The Morgan fingerprint density at radius 2 is 0.804 bits per heavy atom. The van der Waals surface area contributed by atoms with Crippen LogP contribution in [-0.2, 0) is 12.8 Å². The lowest BCUT2D eigenvalue weighted by molar-refractivity contribution is 0.185. The Morgan fingerprint density at radius 1 is 0.464 bits per heavy atom. The van der Waals surface area contributed by atoms with Crippen molar-refractivity contribution in [2.75, 3.05) is 26.2 Å². The molecular weight excluding hydrogens is 693 g/mol. The first kappa shape index (κ1) is 37.7. The molecule has 8 nitrogen and oxygen atoms in total. The third kappa shape index (κ3) is 8.38. The summed E-state index contributed by atoms with van der Waals surface area (Å²) in [6, 6.07) is 29.8. The Hall–Kier alpha value is -3.88. The van der Waals surface area contributed by atoms with Crippen LogP contribution in [0.2, 0.25) is 0 Å². The molecule has 0 radical (unpaired) electrons. The number of rotatable bonds is 14. The van der Waals surface area contributed by atoms with E-state index < -0.39 is 0 Å². The van der Waals surface area contributed by atoms with Gasteiger partial charge in [-0.15, -0.1) is 0 Å². The van der Waals surface area contributed by atoms with E-state index in [0.29, 0.717) is 37.3 Å². The first-order chi connectivity index (χ1) is 27.6. The van der Waals surface area contributed by atoms with Crippen molar-refractivity contribution in [2.45, 2.75) is 139 Å². The Balaban J connectivity index is 0.598. The second-order valence-electron chi connectivity index (χ2n) is 18.1. The summed E-state index contributed by atoms with van der Waals surface area (Å²) in [6.07, 6.45) is 18.6. The van der Waals surface area contributed by atoms with Crippen LogP contribution >= 0.6 is 0 Å². The van der Waals surface area contributed by atoms with E-state index in [2.05, 4.69) is 104 Å². The van der Waals surface area contributed by atoms with E-state index >= 15 is 0 Å². The molecule has 0 spiro atoms. The largest absolute Gasteiger partial charge is 0.338 e. The summed E-state index contributed by atoms with van der Waals surface area (Å²) in [5, 5.41) is 12.7. The molecule has 298 valence electrons. The highest BCUT2D eigenvalue weighted by molar-refractivity contribution is 5.74. The predicted molar refractivity (Wildman–Crippen MR) is 223 cm³/mol. The highest BCUT2D eigenvalue weighted by Crippen LogP contribution is 2.54. The number of nitrogens with zero attached hydrogens (tertiary/aromatic N) is 2. The number of benzene rings is 3. The first-order valence-corrected chi connectivity index (χ1v) is 22.4. The molecule has 8 heteroatoms. The predicted octanol–water partition coefficient (Wildman–Crippen LogP) is 9.05. The lowest BCUT2D eigenvalue weighted by atomic mass is 9.84. The maximum atomic E-state index is 12.7. The molecule has 4 fully saturated rings. The summed E-state index contributed by atoms with van der Waals surface area (Å²) in [4.78, 5) is 30.9. The highest BCUT2D eigenvalue weighted by Gasteiger charge is 2.44. The number of amides is 4. The average Bonchev–Trinajstić information content (AvgIpc) is 3.99. The molecule has 4 amide bonds. The molecule has 4 aliphatic heterocycles. The molecule has 3 aromatic carbocycles. The number of fused-ring (bicyclic) bond motifs is 10. The molecule has 4 bridgehead atoms. The molecule has 56 heavy (non-hydrogen) atoms. The van der Waals surface area contributed by atoms with Gasteiger partial charge in [0.15, 0.2) is 0 Å². The molecule has 2 aliphatic carbocycles. The molecule has 4 heterocycles. The van der Waals surface area contributed by atoms with Gasteiger partial charge in [0.25, 0.3) is 0 Å². The van der Waals surface area contributed by atoms with Crippen molar-refractivity contribution < 1.29 is 9.59 Å². The van der Waals surface area contributed by atoms with Gasteiger partial charge in [-0.1, -0.05) is 72.8 Å². The van der Waals surface area contributed by atoms with Gasteiger partial charge in [-0.25, -0.2) is 9.59 Å². The molecule has 3 aromatic rings. The van der Waals surface area contributed by atoms with E-state index in [1.54, 1.807) is 22.3 Å². The average molecular weight is 757 g/mol. The van der Waals surface area contributed by atoms with Gasteiger partial charge in [0.2, 0.25) is 0 Å². The Kier molecular flexibility index (Phi) is 11.7. The third-order valence-electron chi connectivity index (χ3n) is 14.8. The van der Waals surface area contributed by atoms with Gasteiger partial charge >= 0.3 is 12.1 Å². The smallest absolute Gasteiger partial charge is 0.315 e. The third-order valence-corrected chi connectivity index (χ3v) is 14.8. The monoisotopic (exact) mass is 757 g/mol. The molecule has 2 saturated heterocycles. The minimum absolute atomic E-state index is 0.0374. The van der Waals surface area contributed by atoms with Crippen LogP contribution in [0.4, 0.5) is 9.59 Å². The van der Waals surface area contributed by atoms with Crippen molar-refractivity contribution >= 4 is 12.1 Å². The van der Waals surface area contributed by atoms with Crippen molar-refractivity contribution in [3.05, 3.63) is 106 Å². The van der Waals surface area contributed by atoms with Gasteiger partial charge in [-0.05, 0) is 161 Å². The molecular formula is C48H64N6O2. The molecule has 4 N–H and O–H groups in total. The topological polar surface area (TPSA) is 88.7 Å². The Labute approximate surface area is 335 Å². The van der Waals surface area contributed by atoms with Crippen LogP contribution in [0, 0.1) is 11.8 Å². The summed E-state index contributed by atoms with van der Waals surface area (Å²) in [6.45, 7) is 3.66. The molecule has 6 aliphatic rings. The van der Waals surface area contributed by atoms with Crippen molar-refractivity contribution in [3.63, 3.8) is 0 Å². The lowest BCUT2D eigenvalue weighted by Gasteiger charge is -2.31. The van der Waals surface area contributed by atoms with Crippen LogP contribution < -0.4 is 21.3 Å². The van der Waals surface area contributed by atoms with E-state index in [0.717, 1.165) is 50.4 Å². The van der Waals surface area contributed by atoms with E-state index in [9.17, 15) is 9.59 Å². The fraction of sp³-hybridized carbons (Fsp3) is 0.583. The number of carbonyl (C=O) groups is 2. The van der Waals surface area contributed by atoms with E-state index in [-0.39, 0.29) is 24.1 Å². The van der Waals surface area contributed by atoms with Crippen molar-refractivity contribution in [2.24, 2.45) is 11.8 Å². The maximum Gasteiger partial charge on any atom is 0.315 e. The quantitative estimate of drug-likeness (QED) is 0.132. The zero-order chi connectivity index (χ0) is 37.8. The zero-order valence-electron chi connectivity index (χ0n) is 33.4. The summed E-state index contributed by atoms with van der Waals surface area (Å²) < 4.78 is 0. The van der Waals surface area contributed by atoms with Gasteiger partial charge in [0.1, 0.15) is 0 Å². The van der Waals surface area contributed by atoms with E-state index in [4.69, 9.17) is 0 Å². The molecule has 9 rings (SSSR count). The first-order valence-electron chi connectivity index (χ1n) is 22.4. The lowest BCUT2D eigenvalue weighted by Crippen LogP contribution is -2.44. The number of hydrogen-bond acceptors (Lipinski definition) is 4. The van der Waals surface area contributed by atoms with E-state index in [1.807, 2.05) is 0 Å². The summed E-state index contributed by atoms with van der Waals surface area (Å²) in [5.41, 5.74) is 8.74. The van der Waals surface area contributed by atoms with Crippen LogP contribution in [0.1, 0.15) is 147 Å². The second kappa shape index (κ2) is 17.3. The Bertz CT molecular complexity index is 1600. The van der Waals surface area contributed by atoms with Crippen molar-refractivity contribution in [1.29, 1.82) is 0 Å². The normalized spacial score (nSPS) is 29.1. The van der Waals surface area contributed by atoms with Gasteiger partial charge in [-0.3, -0.25) is 9.80 Å². The summed E-state index contributed by atoms with van der Waals surface area (Å²) in [5.74, 6) is 1.55. The van der Waals surface area contributed by atoms with Crippen LogP contribution in [-0.4, -0.2) is 60.1 Å². The number of hydrogen-bond donors (Lipinski definition) is 4. The standard InChI is InChI=1S/C48H64N6O2/c55-47(51-37-17-13-35(14-18-37)27-31-53-43-21-22-44(53)40-6-2-1-5-39(40)43)49-29-25-33-9-11-34(12-10-33)26-30-50-48(56)52-38-19-15-36(16-20-38)28-32-54-45-23-24-46(54)42-8-4-3-7-41(42)45/h1-12,35-38,43-46H,13-32H2,(H2,49,51,55)(H2,50,52,56)/t35?,36?,37?,38?,43-,44+,45-,46+. The van der Waals surface area contributed by atoms with Crippen LogP contribution in [0.25, 0.3) is 0 Å². The minimum Gasteiger partial charge on any atom is -0.338 e. The van der Waals surface area contributed by atoms with Crippen LogP contribution in [0.5, 0.6) is 0 Å². The van der Waals surface area contributed by atoms with Crippen molar-refractivity contribution in [3.8, 4) is 0 Å². The second-order valence-corrected chi connectivity index (χ2v) is 18.1. The minimum atomic E-state index is -0.0374. The van der Waals surface area contributed by atoms with Crippen LogP contribution in [0.3, 0.4) is 0 Å². The van der Waals surface area contributed by atoms with Crippen molar-refractivity contribution in [1.82, 2.24) is 31.1 Å². The summed E-state index contributed by atoms with van der Waals surface area (Å²) in [7, 11) is 0. The van der Waals surface area contributed by atoms with Gasteiger partial charge in [0, 0.05) is 49.3 Å². The molecule has 0 aromatic heterocycles. The molecule has 4 atom stereocenters. The maximum absolute atomic E-state index is 12.7. The molecule has 2 saturated carbocycles. The Morgan fingerprint density at radius 3 is 1.14 bits per heavy atom. The summed E-state index contributed by atoms with van der Waals surface area (Å²) >= 11 is 0. The van der Waals surface area contributed by atoms with Gasteiger partial charge < -0.3 is 21.3 Å². The number of urea groups is 2. The highest BCUT2D eigenvalue weighted by atomic mass is 16.2. The van der Waals surface area contributed by atoms with E-state index in [1.165, 1.54) is 88.4 Å². The van der Waals surface area contributed by atoms with Crippen LogP contribution in [0.15, 0.2) is 72.8 Å². The molecule has 0 unspecified atom stereocenters.